The van der Waals surface area contributed by atoms with Crippen LogP contribution in [0.4, 0.5) is 0 Å². The van der Waals surface area contributed by atoms with Crippen molar-refractivity contribution in [1.82, 2.24) is 5.32 Å². The predicted molar refractivity (Wildman–Crippen MR) is 78.1 cm³/mol. The summed E-state index contributed by atoms with van der Waals surface area (Å²) in [5, 5.41) is 2.18. The molecule has 0 spiro atoms. The summed E-state index contributed by atoms with van der Waals surface area (Å²) in [6, 6.07) is 0. The highest BCUT2D eigenvalue weighted by atomic mass is 16.2. The molecule has 1 atom stereocenters. The van der Waals surface area contributed by atoms with E-state index in [4.69, 9.17) is 0 Å². The second-order valence-corrected chi connectivity index (χ2v) is 5.71. The Morgan fingerprint density at radius 1 is 1.00 bits per heavy atom. The highest BCUT2D eigenvalue weighted by Crippen LogP contribution is 2.16. The average Bonchev–Trinajstić information content (AvgIpc) is 2.75. The molecule has 0 radical (unpaired) electrons. The molecule has 20 heavy (non-hydrogen) atoms. The van der Waals surface area contributed by atoms with Gasteiger partial charge in [-0.05, 0) is 6.42 Å². The van der Waals surface area contributed by atoms with E-state index in [-0.39, 0.29) is 18.1 Å². The average molecular weight is 281 g/mol. The monoisotopic (exact) mass is 281 g/mol. The van der Waals surface area contributed by atoms with E-state index >= 15 is 0 Å². The third kappa shape index (κ3) is 6.31. The van der Waals surface area contributed by atoms with E-state index in [2.05, 4.69) is 12.2 Å². The lowest BCUT2D eigenvalue weighted by Crippen LogP contribution is -2.26. The van der Waals surface area contributed by atoms with E-state index in [1.165, 1.54) is 38.5 Å². The fourth-order valence-corrected chi connectivity index (χ4v) is 2.60. The van der Waals surface area contributed by atoms with Crippen LogP contribution in [0.1, 0.15) is 77.6 Å². The molecule has 2 amide bonds. The summed E-state index contributed by atoms with van der Waals surface area (Å²) in [5.74, 6) is -1.51. The van der Waals surface area contributed by atoms with Crippen LogP contribution in [0.2, 0.25) is 0 Å². The number of hydrogen-bond acceptors (Lipinski definition) is 3. The number of carbonyl (C=O) groups excluding carboxylic acids is 3. The largest absolute Gasteiger partial charge is 0.299 e. The van der Waals surface area contributed by atoms with Gasteiger partial charge in [-0.2, -0.15) is 0 Å². The van der Waals surface area contributed by atoms with Crippen LogP contribution in [0.5, 0.6) is 0 Å². The number of amides is 2. The van der Waals surface area contributed by atoms with Crippen LogP contribution in [0.25, 0.3) is 0 Å². The molecule has 1 fully saturated rings. The first-order valence-electron chi connectivity index (χ1n) is 8.01. The van der Waals surface area contributed by atoms with Crippen molar-refractivity contribution in [3.05, 3.63) is 0 Å². The summed E-state index contributed by atoms with van der Waals surface area (Å²) >= 11 is 0. The van der Waals surface area contributed by atoms with Gasteiger partial charge in [0.15, 0.2) is 0 Å². The summed E-state index contributed by atoms with van der Waals surface area (Å²) in [4.78, 5) is 34.1. The van der Waals surface area contributed by atoms with Gasteiger partial charge in [-0.25, -0.2) is 0 Å². The number of carbonyl (C=O) groups is 3. The third-order valence-electron chi connectivity index (χ3n) is 3.88. The summed E-state index contributed by atoms with van der Waals surface area (Å²) < 4.78 is 0. The molecule has 1 aliphatic heterocycles. The van der Waals surface area contributed by atoms with Crippen molar-refractivity contribution in [3.8, 4) is 0 Å². The summed E-state index contributed by atoms with van der Waals surface area (Å²) in [6.07, 6.45) is 11.3. The normalized spacial score (nSPS) is 18.4. The number of ketones is 1. The predicted octanol–water partition coefficient (Wildman–Crippen LogP) is 3.14. The van der Waals surface area contributed by atoms with Crippen LogP contribution >= 0.6 is 0 Å². The lowest BCUT2D eigenvalue weighted by atomic mass is 9.97. The number of hydrogen-bond donors (Lipinski definition) is 1. The van der Waals surface area contributed by atoms with Crippen molar-refractivity contribution < 1.29 is 14.4 Å². The molecule has 4 nitrogen and oxygen atoms in total. The van der Waals surface area contributed by atoms with Gasteiger partial charge in [-0.3, -0.25) is 19.7 Å². The lowest BCUT2D eigenvalue weighted by molar-refractivity contribution is -0.131. The Labute approximate surface area is 121 Å². The lowest BCUT2D eigenvalue weighted by Gasteiger charge is -2.05. The maximum absolute atomic E-state index is 11.8. The van der Waals surface area contributed by atoms with Crippen LogP contribution < -0.4 is 5.32 Å². The third-order valence-corrected chi connectivity index (χ3v) is 3.88. The molecule has 1 aliphatic rings. The van der Waals surface area contributed by atoms with Gasteiger partial charge in [-0.1, -0.05) is 58.3 Å². The highest BCUT2D eigenvalue weighted by molar-refractivity contribution is 6.14. The second-order valence-electron chi connectivity index (χ2n) is 5.71. The summed E-state index contributed by atoms with van der Waals surface area (Å²) in [5.41, 5.74) is 0. The fourth-order valence-electron chi connectivity index (χ4n) is 2.60. The van der Waals surface area contributed by atoms with Gasteiger partial charge in [0.05, 0.1) is 0 Å². The zero-order valence-electron chi connectivity index (χ0n) is 12.6. The molecule has 4 heteroatoms. The molecule has 1 unspecified atom stereocenters. The molecule has 1 saturated heterocycles. The van der Waals surface area contributed by atoms with Gasteiger partial charge in [0, 0.05) is 12.8 Å². The number of nitrogens with one attached hydrogen (secondary N) is 1. The fraction of sp³-hybridized carbons (Fsp3) is 0.812. The van der Waals surface area contributed by atoms with Crippen LogP contribution in [0, 0.1) is 5.92 Å². The van der Waals surface area contributed by atoms with Gasteiger partial charge < -0.3 is 0 Å². The van der Waals surface area contributed by atoms with Crippen molar-refractivity contribution in [1.29, 1.82) is 0 Å². The minimum Gasteiger partial charge on any atom is -0.299 e. The van der Waals surface area contributed by atoms with E-state index in [0.717, 1.165) is 19.3 Å². The Bertz CT molecular complexity index is 339. The van der Waals surface area contributed by atoms with Crippen LogP contribution in [-0.2, 0) is 14.4 Å². The molecule has 0 saturated carbocycles. The maximum Gasteiger partial charge on any atom is 0.237 e. The van der Waals surface area contributed by atoms with Crippen molar-refractivity contribution in [2.45, 2.75) is 77.6 Å². The first-order valence-corrected chi connectivity index (χ1v) is 8.01. The first-order chi connectivity index (χ1) is 9.65. The van der Waals surface area contributed by atoms with Gasteiger partial charge in [-0.15, -0.1) is 0 Å². The maximum atomic E-state index is 11.8. The zero-order chi connectivity index (χ0) is 14.8. The zero-order valence-corrected chi connectivity index (χ0v) is 12.6. The van der Waals surface area contributed by atoms with Gasteiger partial charge >= 0.3 is 0 Å². The molecule has 1 heterocycles. The Kier molecular flexibility index (Phi) is 8.16. The molecule has 0 bridgehead atoms. The molecular weight excluding hydrogens is 254 g/mol. The standard InChI is InChI=1S/C16H27NO3/c1-2-3-4-5-6-7-8-9-10-11-14(18)13-12-15(19)17-16(13)20/h13H,2-12H2,1H3,(H,17,19,20). The van der Waals surface area contributed by atoms with Gasteiger partial charge in [0.1, 0.15) is 11.7 Å². The Balaban J connectivity index is 1.97. The molecule has 0 aliphatic carbocycles. The Morgan fingerprint density at radius 3 is 2.05 bits per heavy atom. The van der Waals surface area contributed by atoms with E-state index in [9.17, 15) is 14.4 Å². The van der Waals surface area contributed by atoms with Crippen LogP contribution in [0.3, 0.4) is 0 Å². The van der Waals surface area contributed by atoms with E-state index in [0.29, 0.717) is 6.42 Å². The smallest absolute Gasteiger partial charge is 0.237 e. The number of rotatable bonds is 11. The molecule has 0 aromatic heterocycles. The minimum atomic E-state index is -0.712. The van der Waals surface area contributed by atoms with Crippen molar-refractivity contribution in [2.24, 2.45) is 5.92 Å². The van der Waals surface area contributed by atoms with Gasteiger partial charge in [0.2, 0.25) is 11.8 Å². The summed E-state index contributed by atoms with van der Waals surface area (Å²) in [6.45, 7) is 2.22. The second kappa shape index (κ2) is 9.67. The topological polar surface area (TPSA) is 63.2 Å². The van der Waals surface area contributed by atoms with E-state index in [1.807, 2.05) is 0 Å². The number of imide groups is 1. The molecule has 114 valence electrons. The quantitative estimate of drug-likeness (QED) is 0.359. The molecule has 1 N–H and O–H groups in total. The summed E-state index contributed by atoms with van der Waals surface area (Å²) in [7, 11) is 0. The Morgan fingerprint density at radius 2 is 1.55 bits per heavy atom. The van der Waals surface area contributed by atoms with E-state index in [1.54, 1.807) is 0 Å². The molecule has 1 rings (SSSR count). The molecule has 0 aromatic rings. The number of unbranched alkanes of at least 4 members (excludes halogenated alkanes) is 8. The molecule has 0 aromatic carbocycles. The van der Waals surface area contributed by atoms with E-state index < -0.39 is 11.8 Å². The van der Waals surface area contributed by atoms with Crippen LogP contribution in [-0.4, -0.2) is 17.6 Å². The number of Topliss-reactive ketones (excluding diaryl/α,β-unsaturated/α-hetero) is 1. The van der Waals surface area contributed by atoms with Crippen molar-refractivity contribution in [3.63, 3.8) is 0 Å². The first kappa shape index (κ1) is 16.9. The van der Waals surface area contributed by atoms with Gasteiger partial charge in [0.25, 0.3) is 0 Å². The van der Waals surface area contributed by atoms with Crippen molar-refractivity contribution in [2.75, 3.05) is 0 Å². The van der Waals surface area contributed by atoms with Crippen molar-refractivity contribution >= 4 is 17.6 Å². The highest BCUT2D eigenvalue weighted by Gasteiger charge is 2.35. The molecular formula is C16H27NO3. The van der Waals surface area contributed by atoms with Crippen LogP contribution in [0.15, 0.2) is 0 Å². The SMILES string of the molecule is CCCCCCCCCCCC(=O)C1CC(=O)NC1=O. The minimum absolute atomic E-state index is 0.0507. The Hall–Kier alpha value is -1.19.